The summed E-state index contributed by atoms with van der Waals surface area (Å²) in [4.78, 5) is 25.4. The lowest BCUT2D eigenvalue weighted by Crippen LogP contribution is -2.57. The number of fused-ring (bicyclic) bond motifs is 5. The average Bonchev–Trinajstić information content (AvgIpc) is 3.20. The summed E-state index contributed by atoms with van der Waals surface area (Å²) in [6.07, 6.45) is 8.82. The molecule has 1 N–H and O–H groups in total. The Morgan fingerprint density at radius 3 is 2.51 bits per heavy atom. The molecule has 8 atom stereocenters. The summed E-state index contributed by atoms with van der Waals surface area (Å²) in [5, 5.41) is 0. The molecule has 0 bridgehead atoms. The fourth-order valence-corrected chi connectivity index (χ4v) is 10.4. The van der Waals surface area contributed by atoms with Crippen molar-refractivity contribution in [3.05, 3.63) is 30.1 Å². The van der Waals surface area contributed by atoms with Gasteiger partial charge in [-0.1, -0.05) is 32.9 Å². The van der Waals surface area contributed by atoms with Crippen LogP contribution in [0.2, 0.25) is 0 Å². The van der Waals surface area contributed by atoms with Crippen LogP contribution in [0.15, 0.2) is 29.2 Å². The molecule has 0 aliphatic heterocycles. The van der Waals surface area contributed by atoms with Gasteiger partial charge in [0.15, 0.2) is 0 Å². The van der Waals surface area contributed by atoms with Crippen molar-refractivity contribution in [2.45, 2.75) is 89.9 Å². The standard InChI is InChI=1S/C30H42FNO4S/c1-19(7-6-16-32-37(35,36)27-9-5-4-8-25(27)31)22-10-11-23-28-24(13-15-30(22,23)3)29(2)14-12-21(33)17-20(29)18-26(28)34/h4-5,8-9,19-20,22-24,28,32H,6-7,10-18H2,1-3H3/t19-,20+,22-,23+,24+,28+,29+,30-/m1/s1. The summed E-state index contributed by atoms with van der Waals surface area (Å²) < 4.78 is 41.5. The minimum Gasteiger partial charge on any atom is -0.300 e. The number of rotatable bonds is 7. The SMILES string of the molecule is C[C@H](CCCNS(=O)(=O)c1ccccc1F)[C@H]1CC[C@H]2[C@@H]3C(=O)C[C@@H]4CC(=O)CC[C@]4(C)[C@H]3CC[C@]12C. The second kappa shape index (κ2) is 9.86. The largest absolute Gasteiger partial charge is 0.300 e. The molecule has 0 heterocycles. The van der Waals surface area contributed by atoms with Crippen LogP contribution in [0.5, 0.6) is 0 Å². The van der Waals surface area contributed by atoms with Crippen molar-refractivity contribution < 1.29 is 22.4 Å². The number of carbonyl (C=O) groups excluding carboxylic acids is 2. The first-order valence-corrected chi connectivity index (χ1v) is 15.7. The summed E-state index contributed by atoms with van der Waals surface area (Å²) in [7, 11) is -3.86. The van der Waals surface area contributed by atoms with E-state index in [0.717, 1.165) is 44.6 Å². The van der Waals surface area contributed by atoms with Gasteiger partial charge in [-0.05, 0) is 97.5 Å². The van der Waals surface area contributed by atoms with Gasteiger partial charge < -0.3 is 0 Å². The molecule has 5 rings (SSSR count). The lowest BCUT2D eigenvalue weighted by molar-refractivity contribution is -0.159. The van der Waals surface area contributed by atoms with E-state index in [1.54, 1.807) is 0 Å². The number of halogens is 1. The molecule has 1 aromatic rings. The Hall–Kier alpha value is -1.60. The van der Waals surface area contributed by atoms with Crippen molar-refractivity contribution in [1.82, 2.24) is 4.72 Å². The smallest absolute Gasteiger partial charge is 0.243 e. The molecule has 4 aliphatic rings. The van der Waals surface area contributed by atoms with Crippen molar-refractivity contribution in [2.24, 2.45) is 46.3 Å². The van der Waals surface area contributed by atoms with Gasteiger partial charge in [0.1, 0.15) is 22.3 Å². The highest BCUT2D eigenvalue weighted by molar-refractivity contribution is 7.89. The fraction of sp³-hybridized carbons (Fsp3) is 0.733. The molecule has 0 saturated heterocycles. The first-order valence-electron chi connectivity index (χ1n) is 14.3. The van der Waals surface area contributed by atoms with E-state index in [9.17, 15) is 22.4 Å². The summed E-state index contributed by atoms with van der Waals surface area (Å²) in [6.45, 7) is 7.35. The second-order valence-electron chi connectivity index (χ2n) is 13.0. The minimum atomic E-state index is -3.86. The lowest BCUT2D eigenvalue weighted by atomic mass is 9.44. The maximum atomic E-state index is 13.9. The van der Waals surface area contributed by atoms with E-state index < -0.39 is 15.8 Å². The molecule has 0 unspecified atom stereocenters. The third kappa shape index (κ3) is 4.62. The molecule has 37 heavy (non-hydrogen) atoms. The van der Waals surface area contributed by atoms with Crippen molar-refractivity contribution in [3.63, 3.8) is 0 Å². The zero-order valence-corrected chi connectivity index (χ0v) is 23.3. The zero-order valence-electron chi connectivity index (χ0n) is 22.5. The first-order chi connectivity index (χ1) is 17.5. The summed E-state index contributed by atoms with van der Waals surface area (Å²) in [5.41, 5.74) is 0.253. The molecule has 204 valence electrons. The number of hydrogen-bond donors (Lipinski definition) is 1. The predicted molar refractivity (Wildman–Crippen MR) is 141 cm³/mol. The van der Waals surface area contributed by atoms with Crippen LogP contribution in [-0.2, 0) is 19.6 Å². The Bertz CT molecular complexity index is 1170. The number of nitrogens with one attached hydrogen (secondary N) is 1. The van der Waals surface area contributed by atoms with Crippen molar-refractivity contribution in [1.29, 1.82) is 0 Å². The summed E-state index contributed by atoms with van der Waals surface area (Å²) in [5.74, 6) is 2.16. The van der Waals surface area contributed by atoms with Crippen LogP contribution in [0.25, 0.3) is 0 Å². The average molecular weight is 532 g/mol. The van der Waals surface area contributed by atoms with E-state index in [2.05, 4.69) is 25.5 Å². The van der Waals surface area contributed by atoms with Gasteiger partial charge >= 0.3 is 0 Å². The number of Topliss-reactive ketones (excluding diaryl/α,β-unsaturated/α-hetero) is 2. The highest BCUT2D eigenvalue weighted by atomic mass is 32.2. The maximum absolute atomic E-state index is 13.9. The molecule has 4 saturated carbocycles. The van der Waals surface area contributed by atoms with E-state index >= 15 is 0 Å². The Morgan fingerprint density at radius 1 is 1.03 bits per heavy atom. The number of sulfonamides is 1. The summed E-state index contributed by atoms with van der Waals surface area (Å²) in [6, 6.07) is 5.45. The highest BCUT2D eigenvalue weighted by Gasteiger charge is 2.63. The third-order valence-corrected chi connectivity index (χ3v) is 12.8. The number of benzene rings is 1. The van der Waals surface area contributed by atoms with Crippen LogP contribution in [-0.4, -0.2) is 26.5 Å². The number of carbonyl (C=O) groups is 2. The molecule has 1 aromatic carbocycles. The molecular formula is C30H42FNO4S. The normalized spacial score (nSPS) is 38.5. The first kappa shape index (κ1) is 27.0. The number of hydrogen-bond acceptors (Lipinski definition) is 4. The van der Waals surface area contributed by atoms with Crippen LogP contribution >= 0.6 is 0 Å². The van der Waals surface area contributed by atoms with E-state index in [4.69, 9.17) is 0 Å². The molecule has 0 radical (unpaired) electrons. The lowest BCUT2D eigenvalue weighted by Gasteiger charge is -2.59. The van der Waals surface area contributed by atoms with Gasteiger partial charge in [0, 0.05) is 31.7 Å². The Labute approximate surface area is 221 Å². The Kier molecular flexibility index (Phi) is 7.19. The van der Waals surface area contributed by atoms with Crippen LogP contribution in [0.1, 0.15) is 85.0 Å². The van der Waals surface area contributed by atoms with Gasteiger partial charge in [-0.2, -0.15) is 0 Å². The Balaban J connectivity index is 1.22. The Morgan fingerprint density at radius 2 is 1.76 bits per heavy atom. The predicted octanol–water partition coefficient (Wildman–Crippen LogP) is 5.93. The van der Waals surface area contributed by atoms with Gasteiger partial charge in [-0.3, -0.25) is 9.59 Å². The molecule has 0 amide bonds. The third-order valence-electron chi connectivity index (χ3n) is 11.3. The van der Waals surface area contributed by atoms with Crippen LogP contribution in [0.3, 0.4) is 0 Å². The van der Waals surface area contributed by atoms with Crippen molar-refractivity contribution in [3.8, 4) is 0 Å². The minimum absolute atomic E-state index is 0.118. The van der Waals surface area contributed by atoms with Crippen LogP contribution < -0.4 is 4.72 Å². The van der Waals surface area contributed by atoms with E-state index in [-0.39, 0.29) is 34.1 Å². The van der Waals surface area contributed by atoms with Crippen molar-refractivity contribution >= 4 is 21.6 Å². The van der Waals surface area contributed by atoms with Gasteiger partial charge in [-0.15, -0.1) is 0 Å². The zero-order chi connectivity index (χ0) is 26.6. The highest BCUT2D eigenvalue weighted by Crippen LogP contribution is 2.67. The molecule has 0 spiro atoms. The fourth-order valence-electron chi connectivity index (χ4n) is 9.27. The molecule has 7 heteroatoms. The van der Waals surface area contributed by atoms with Crippen LogP contribution in [0, 0.1) is 52.2 Å². The van der Waals surface area contributed by atoms with Gasteiger partial charge in [-0.25, -0.2) is 17.5 Å². The second-order valence-corrected chi connectivity index (χ2v) is 14.8. The van der Waals surface area contributed by atoms with Crippen molar-refractivity contribution in [2.75, 3.05) is 6.54 Å². The van der Waals surface area contributed by atoms with E-state index in [1.807, 2.05) is 0 Å². The topological polar surface area (TPSA) is 80.3 Å². The summed E-state index contributed by atoms with van der Waals surface area (Å²) >= 11 is 0. The van der Waals surface area contributed by atoms with Gasteiger partial charge in [0.2, 0.25) is 10.0 Å². The quantitative estimate of drug-likeness (QED) is 0.443. The molecule has 0 aromatic heterocycles. The van der Waals surface area contributed by atoms with E-state index in [0.29, 0.717) is 60.9 Å². The molecule has 4 aliphatic carbocycles. The molecule has 5 nitrogen and oxygen atoms in total. The molecule has 4 fully saturated rings. The van der Waals surface area contributed by atoms with Gasteiger partial charge in [0.05, 0.1) is 0 Å². The maximum Gasteiger partial charge on any atom is 0.243 e. The number of ketones is 2. The van der Waals surface area contributed by atoms with Gasteiger partial charge in [0.25, 0.3) is 0 Å². The monoisotopic (exact) mass is 531 g/mol. The van der Waals surface area contributed by atoms with Crippen LogP contribution in [0.4, 0.5) is 4.39 Å². The molecular weight excluding hydrogens is 489 g/mol. The van der Waals surface area contributed by atoms with E-state index in [1.165, 1.54) is 18.2 Å².